The summed E-state index contributed by atoms with van der Waals surface area (Å²) in [5.74, 6) is 0. The number of hydrogen-bond donors (Lipinski definition) is 1. The minimum Gasteiger partial charge on any atom is -0.388 e. The maximum Gasteiger partial charge on any atom is 0.0787 e. The second kappa shape index (κ2) is 7.24. The fraction of sp³-hybridized carbons (Fsp3) is 0.467. The Hall–Kier alpha value is -1.08. The van der Waals surface area contributed by atoms with Crippen LogP contribution >= 0.6 is 0 Å². The number of aliphatic hydroxyl groups excluding tert-OH is 1. The summed E-state index contributed by atoms with van der Waals surface area (Å²) in [6.07, 6.45) is 4.81. The molecule has 16 heavy (non-hydrogen) atoms. The summed E-state index contributed by atoms with van der Waals surface area (Å²) in [5, 5.41) is 9.97. The number of rotatable bonds is 7. The van der Waals surface area contributed by atoms with Crippen molar-refractivity contribution >= 4 is 0 Å². The highest BCUT2D eigenvalue weighted by molar-refractivity contribution is 5.18. The van der Waals surface area contributed by atoms with Gasteiger partial charge < -0.3 is 5.11 Å². The topological polar surface area (TPSA) is 20.2 Å². The Balaban J connectivity index is 2.34. The van der Waals surface area contributed by atoms with E-state index < -0.39 is 0 Å². The minimum atomic E-state index is -0.390. The molecule has 1 heteroatoms. The summed E-state index contributed by atoms with van der Waals surface area (Å²) in [7, 11) is 0. The molecule has 1 N–H and O–H groups in total. The van der Waals surface area contributed by atoms with Crippen LogP contribution in [0.25, 0.3) is 0 Å². The Morgan fingerprint density at radius 1 is 1.25 bits per heavy atom. The van der Waals surface area contributed by atoms with Crippen LogP contribution in [0.3, 0.4) is 0 Å². The van der Waals surface area contributed by atoms with Gasteiger partial charge in [-0.25, -0.2) is 0 Å². The van der Waals surface area contributed by atoms with E-state index in [1.807, 2.05) is 30.3 Å². The molecule has 1 unspecified atom stereocenters. The molecule has 0 aliphatic rings. The van der Waals surface area contributed by atoms with Crippen molar-refractivity contribution in [3.63, 3.8) is 0 Å². The molecule has 0 aliphatic carbocycles. The van der Waals surface area contributed by atoms with E-state index in [0.717, 1.165) is 18.4 Å². The average molecular weight is 218 g/mol. The zero-order valence-electron chi connectivity index (χ0n) is 10.2. The molecule has 0 bridgehead atoms. The highest BCUT2D eigenvalue weighted by Crippen LogP contribution is 2.14. The van der Waals surface area contributed by atoms with Gasteiger partial charge in [0.05, 0.1) is 6.10 Å². The van der Waals surface area contributed by atoms with Crippen LogP contribution in [-0.2, 0) is 6.42 Å². The highest BCUT2D eigenvalue weighted by atomic mass is 16.3. The van der Waals surface area contributed by atoms with Crippen LogP contribution < -0.4 is 0 Å². The number of aliphatic hydroxyl groups is 1. The zero-order valence-corrected chi connectivity index (χ0v) is 10.2. The SMILES string of the molecule is C=C(CCCCC)C(O)Cc1ccccc1. The van der Waals surface area contributed by atoms with E-state index in [9.17, 15) is 5.11 Å². The van der Waals surface area contributed by atoms with E-state index in [0.29, 0.717) is 6.42 Å². The Kier molecular flexibility index (Phi) is 5.87. The van der Waals surface area contributed by atoms with Crippen molar-refractivity contribution in [2.75, 3.05) is 0 Å². The van der Waals surface area contributed by atoms with Gasteiger partial charge in [-0.1, -0.05) is 56.7 Å². The van der Waals surface area contributed by atoms with E-state index in [1.54, 1.807) is 0 Å². The summed E-state index contributed by atoms with van der Waals surface area (Å²) < 4.78 is 0. The molecular formula is C15H22O. The molecule has 88 valence electrons. The number of hydrogen-bond acceptors (Lipinski definition) is 1. The van der Waals surface area contributed by atoms with E-state index in [-0.39, 0.29) is 6.10 Å². The van der Waals surface area contributed by atoms with Crippen molar-refractivity contribution in [3.05, 3.63) is 48.0 Å². The molecule has 0 spiro atoms. The fourth-order valence-electron chi connectivity index (χ4n) is 1.75. The van der Waals surface area contributed by atoms with Gasteiger partial charge in [0.25, 0.3) is 0 Å². The second-order valence-electron chi connectivity index (χ2n) is 4.32. The molecule has 0 saturated heterocycles. The lowest BCUT2D eigenvalue weighted by atomic mass is 9.98. The van der Waals surface area contributed by atoms with Crippen LogP contribution in [-0.4, -0.2) is 11.2 Å². The van der Waals surface area contributed by atoms with Crippen molar-refractivity contribution < 1.29 is 5.11 Å². The predicted octanol–water partition coefficient (Wildman–Crippen LogP) is 3.73. The molecular weight excluding hydrogens is 196 g/mol. The first kappa shape index (κ1) is 13.0. The molecule has 1 aromatic rings. The molecule has 0 aromatic heterocycles. The number of benzene rings is 1. The van der Waals surface area contributed by atoms with Crippen LogP contribution in [0, 0.1) is 0 Å². The van der Waals surface area contributed by atoms with Gasteiger partial charge in [0.2, 0.25) is 0 Å². The summed E-state index contributed by atoms with van der Waals surface area (Å²) in [6, 6.07) is 10.1. The van der Waals surface area contributed by atoms with Gasteiger partial charge in [-0.15, -0.1) is 0 Å². The van der Waals surface area contributed by atoms with Gasteiger partial charge >= 0.3 is 0 Å². The maximum atomic E-state index is 9.97. The molecule has 1 nitrogen and oxygen atoms in total. The third-order valence-electron chi connectivity index (χ3n) is 2.84. The van der Waals surface area contributed by atoms with Crippen molar-refractivity contribution in [1.29, 1.82) is 0 Å². The quantitative estimate of drug-likeness (QED) is 0.546. The summed E-state index contributed by atoms with van der Waals surface area (Å²) in [5.41, 5.74) is 2.14. The van der Waals surface area contributed by atoms with Gasteiger partial charge in [-0.2, -0.15) is 0 Å². The van der Waals surface area contributed by atoms with E-state index in [1.165, 1.54) is 18.4 Å². The standard InChI is InChI=1S/C15H22O/c1-3-4-6-9-13(2)15(16)12-14-10-7-5-8-11-14/h5,7-8,10-11,15-16H,2-4,6,9,12H2,1H3. The van der Waals surface area contributed by atoms with Crippen molar-refractivity contribution in [2.24, 2.45) is 0 Å². The molecule has 0 heterocycles. The largest absolute Gasteiger partial charge is 0.388 e. The monoisotopic (exact) mass is 218 g/mol. The van der Waals surface area contributed by atoms with Gasteiger partial charge in [0, 0.05) is 6.42 Å². The Bertz CT molecular complexity index is 302. The van der Waals surface area contributed by atoms with Crippen LogP contribution in [0.5, 0.6) is 0 Å². The van der Waals surface area contributed by atoms with Crippen molar-refractivity contribution in [2.45, 2.75) is 45.1 Å². The van der Waals surface area contributed by atoms with E-state index in [4.69, 9.17) is 0 Å². The summed E-state index contributed by atoms with van der Waals surface area (Å²) in [4.78, 5) is 0. The van der Waals surface area contributed by atoms with Crippen LogP contribution in [0.1, 0.15) is 38.2 Å². The van der Waals surface area contributed by atoms with Crippen molar-refractivity contribution in [3.8, 4) is 0 Å². The first-order valence-corrected chi connectivity index (χ1v) is 6.13. The lowest BCUT2D eigenvalue weighted by molar-refractivity contribution is 0.207. The van der Waals surface area contributed by atoms with Gasteiger partial charge in [0.15, 0.2) is 0 Å². The van der Waals surface area contributed by atoms with Gasteiger partial charge in [-0.05, 0) is 24.0 Å². The fourth-order valence-corrected chi connectivity index (χ4v) is 1.75. The minimum absolute atomic E-state index is 0.390. The molecule has 1 rings (SSSR count). The Labute approximate surface area is 98.8 Å². The molecule has 0 radical (unpaired) electrons. The van der Waals surface area contributed by atoms with Crippen LogP contribution in [0.15, 0.2) is 42.5 Å². The van der Waals surface area contributed by atoms with Crippen LogP contribution in [0.2, 0.25) is 0 Å². The van der Waals surface area contributed by atoms with Crippen molar-refractivity contribution in [1.82, 2.24) is 0 Å². The first-order valence-electron chi connectivity index (χ1n) is 6.13. The smallest absolute Gasteiger partial charge is 0.0787 e. The first-order chi connectivity index (χ1) is 7.74. The Morgan fingerprint density at radius 3 is 2.56 bits per heavy atom. The van der Waals surface area contributed by atoms with Gasteiger partial charge in [0.1, 0.15) is 0 Å². The van der Waals surface area contributed by atoms with Crippen LogP contribution in [0.4, 0.5) is 0 Å². The normalized spacial score (nSPS) is 12.4. The third-order valence-corrected chi connectivity index (χ3v) is 2.84. The maximum absolute atomic E-state index is 9.97. The Morgan fingerprint density at radius 2 is 1.94 bits per heavy atom. The summed E-state index contributed by atoms with van der Waals surface area (Å²) >= 11 is 0. The van der Waals surface area contributed by atoms with Gasteiger partial charge in [-0.3, -0.25) is 0 Å². The van der Waals surface area contributed by atoms with E-state index >= 15 is 0 Å². The molecule has 0 amide bonds. The lowest BCUT2D eigenvalue weighted by Crippen LogP contribution is -2.13. The zero-order chi connectivity index (χ0) is 11.8. The third kappa shape index (κ3) is 4.63. The average Bonchev–Trinajstić information content (AvgIpc) is 2.30. The second-order valence-corrected chi connectivity index (χ2v) is 4.32. The molecule has 0 aliphatic heterocycles. The molecule has 0 fully saturated rings. The molecule has 0 saturated carbocycles. The molecule has 1 atom stereocenters. The number of unbranched alkanes of at least 4 members (excludes halogenated alkanes) is 2. The summed E-state index contributed by atoms with van der Waals surface area (Å²) in [6.45, 7) is 6.16. The highest BCUT2D eigenvalue weighted by Gasteiger charge is 2.08. The predicted molar refractivity (Wildman–Crippen MR) is 69.4 cm³/mol. The lowest BCUT2D eigenvalue weighted by Gasteiger charge is -2.13. The molecule has 1 aromatic carbocycles. The van der Waals surface area contributed by atoms with E-state index in [2.05, 4.69) is 13.5 Å².